The van der Waals surface area contributed by atoms with Crippen molar-refractivity contribution in [1.82, 2.24) is 0 Å². The smallest absolute Gasteiger partial charge is 1.00 e. The maximum absolute atomic E-state index is 2.42. The zero-order chi connectivity index (χ0) is 18.8. The van der Waals surface area contributed by atoms with Gasteiger partial charge in [-0.3, -0.25) is 0 Å². The van der Waals surface area contributed by atoms with Gasteiger partial charge in [0, 0.05) is 0 Å². The summed E-state index contributed by atoms with van der Waals surface area (Å²) >= 11 is 0. The maximum Gasteiger partial charge on any atom is 4.00 e. The first-order valence-electron chi connectivity index (χ1n) is 10.0. The molecular weight excluding hydrogens is 483 g/mol. The quantitative estimate of drug-likeness (QED) is 0.186. The molecule has 3 rings (SSSR count). The molecular formula is C25H32Cl3SiTi. The molecule has 0 aliphatic carbocycles. The SMILES string of the molecule is CCCCC[Si](c1c(C)c(C)c(C)c(C)c1C)[c-]1ccc2ccccc21.[Cl-].[Cl-].[Cl-].[Ti+4]. The number of unbranched alkanes of at least 4 members (excludes halogenated alkanes) is 2. The fourth-order valence-corrected chi connectivity index (χ4v) is 7.82. The largest absolute Gasteiger partial charge is 4.00 e. The summed E-state index contributed by atoms with van der Waals surface area (Å²) in [7, 11) is -0.775. The van der Waals surface area contributed by atoms with Crippen LogP contribution in [0.1, 0.15) is 54.0 Å². The monoisotopic (exact) mass is 513 g/mol. The van der Waals surface area contributed by atoms with Crippen molar-refractivity contribution in [3.63, 3.8) is 0 Å². The Bertz CT molecular complexity index is 905. The van der Waals surface area contributed by atoms with E-state index in [0.29, 0.717) is 0 Å². The van der Waals surface area contributed by atoms with Crippen LogP contribution in [-0.2, 0) is 21.7 Å². The van der Waals surface area contributed by atoms with Gasteiger partial charge in [0.15, 0.2) is 0 Å². The van der Waals surface area contributed by atoms with Gasteiger partial charge in [0.1, 0.15) is 0 Å². The van der Waals surface area contributed by atoms with E-state index in [2.05, 4.69) is 77.9 Å². The van der Waals surface area contributed by atoms with Crippen molar-refractivity contribution in [2.75, 3.05) is 0 Å². The molecule has 0 atom stereocenters. The summed E-state index contributed by atoms with van der Waals surface area (Å²) < 4.78 is 0. The zero-order valence-corrected chi connectivity index (χ0v) is 23.8. The Balaban J connectivity index is 0. The molecule has 0 aliphatic heterocycles. The van der Waals surface area contributed by atoms with Crippen LogP contribution < -0.4 is 47.6 Å². The van der Waals surface area contributed by atoms with Crippen LogP contribution in [-0.4, -0.2) is 8.80 Å². The molecule has 0 amide bonds. The molecule has 0 heterocycles. The fraction of sp³-hybridized carbons (Fsp3) is 0.400. The molecule has 0 spiro atoms. The molecule has 5 heteroatoms. The van der Waals surface area contributed by atoms with Gasteiger partial charge in [-0.25, -0.2) is 0 Å². The summed E-state index contributed by atoms with van der Waals surface area (Å²) in [6, 6.07) is 15.0. The van der Waals surface area contributed by atoms with E-state index in [9.17, 15) is 0 Å². The third-order valence-corrected chi connectivity index (χ3v) is 9.63. The Morgan fingerprint density at radius 3 is 1.83 bits per heavy atom. The first-order chi connectivity index (χ1) is 12.5. The van der Waals surface area contributed by atoms with E-state index in [4.69, 9.17) is 0 Å². The topological polar surface area (TPSA) is 0 Å². The van der Waals surface area contributed by atoms with Gasteiger partial charge < -0.3 is 37.2 Å². The molecule has 0 nitrogen and oxygen atoms in total. The van der Waals surface area contributed by atoms with Crippen LogP contribution >= 0.6 is 0 Å². The van der Waals surface area contributed by atoms with Gasteiger partial charge in [-0.2, -0.15) is 12.1 Å². The van der Waals surface area contributed by atoms with E-state index in [1.807, 2.05) is 0 Å². The summed E-state index contributed by atoms with van der Waals surface area (Å²) in [5.41, 5.74) is 7.56. The van der Waals surface area contributed by atoms with Crippen LogP contribution in [0.25, 0.3) is 10.8 Å². The molecule has 161 valence electrons. The number of hydrogen-bond donors (Lipinski definition) is 0. The van der Waals surface area contributed by atoms with E-state index in [0.717, 1.165) is 0 Å². The minimum Gasteiger partial charge on any atom is -1.00 e. The predicted molar refractivity (Wildman–Crippen MR) is 119 cm³/mol. The van der Waals surface area contributed by atoms with Gasteiger partial charge in [0.2, 0.25) is 0 Å². The van der Waals surface area contributed by atoms with Crippen LogP contribution in [0.3, 0.4) is 0 Å². The molecule has 0 unspecified atom stereocenters. The molecule has 0 saturated carbocycles. The van der Waals surface area contributed by atoms with Gasteiger partial charge in [0.05, 0.1) is 8.80 Å². The first kappa shape index (κ1) is 32.0. The maximum atomic E-state index is 2.42. The summed E-state index contributed by atoms with van der Waals surface area (Å²) in [4.78, 5) is 0. The van der Waals surface area contributed by atoms with Crippen LogP contribution in [0.2, 0.25) is 6.04 Å². The van der Waals surface area contributed by atoms with Gasteiger partial charge in [-0.15, -0.1) is 34.2 Å². The summed E-state index contributed by atoms with van der Waals surface area (Å²) in [5, 5.41) is 6.18. The molecule has 0 saturated heterocycles. The average molecular weight is 515 g/mol. The third kappa shape index (κ3) is 6.21. The Kier molecular flexibility index (Phi) is 15.0. The van der Waals surface area contributed by atoms with Gasteiger partial charge in [-0.1, -0.05) is 43.5 Å². The molecule has 1 radical (unpaired) electrons. The van der Waals surface area contributed by atoms with Crippen molar-refractivity contribution in [3.05, 3.63) is 64.2 Å². The Morgan fingerprint density at radius 1 is 0.733 bits per heavy atom. The van der Waals surface area contributed by atoms with Crippen molar-refractivity contribution < 1.29 is 58.9 Å². The van der Waals surface area contributed by atoms with Crippen molar-refractivity contribution in [3.8, 4) is 0 Å². The van der Waals surface area contributed by atoms with Crippen LogP contribution in [0.5, 0.6) is 0 Å². The first-order valence-corrected chi connectivity index (χ1v) is 11.8. The van der Waals surface area contributed by atoms with Crippen molar-refractivity contribution in [2.45, 2.75) is 66.8 Å². The van der Waals surface area contributed by atoms with Gasteiger partial charge >= 0.3 is 21.7 Å². The number of fused-ring (bicyclic) bond motifs is 1. The normalized spacial score (nSPS) is 10.1. The number of hydrogen-bond acceptors (Lipinski definition) is 0. The Hall–Kier alpha value is -0.149. The number of rotatable bonds is 6. The fourth-order valence-electron chi connectivity index (χ4n) is 4.31. The van der Waals surface area contributed by atoms with E-state index in [1.54, 1.807) is 21.5 Å². The molecule has 0 aromatic heterocycles. The van der Waals surface area contributed by atoms with E-state index in [1.165, 1.54) is 52.8 Å². The minimum absolute atomic E-state index is 0. The molecule has 0 N–H and O–H groups in total. The minimum atomic E-state index is -0.775. The Labute approximate surface area is 218 Å². The molecule has 30 heavy (non-hydrogen) atoms. The summed E-state index contributed by atoms with van der Waals surface area (Å²) in [5.74, 6) is 0. The van der Waals surface area contributed by atoms with Gasteiger partial charge in [0.25, 0.3) is 0 Å². The molecule has 0 bridgehead atoms. The second-order valence-corrected chi connectivity index (χ2v) is 10.3. The van der Waals surface area contributed by atoms with Crippen molar-refractivity contribution in [1.29, 1.82) is 0 Å². The Morgan fingerprint density at radius 2 is 1.27 bits per heavy atom. The molecule has 3 aromatic carbocycles. The summed E-state index contributed by atoms with van der Waals surface area (Å²) in [6.07, 6.45) is 3.98. The van der Waals surface area contributed by atoms with E-state index in [-0.39, 0.29) is 58.9 Å². The second-order valence-electron chi connectivity index (χ2n) is 7.77. The van der Waals surface area contributed by atoms with Crippen LogP contribution in [0.4, 0.5) is 0 Å². The standard InChI is InChI=1S/C25H32Si.3ClH.Ti/c1-7-8-11-16-26(24-15-14-22-12-9-10-13-23(22)24)25-20(5)18(3)17(2)19(4)21(25)6;;;;/h9-10,12-15H,7-8,11,16H2,1-6H3;3*1H;/q-1;;;;+4/p-3. The molecule has 0 fully saturated rings. The van der Waals surface area contributed by atoms with Crippen LogP contribution in [0, 0.1) is 34.6 Å². The molecule has 3 aromatic rings. The number of halogens is 3. The van der Waals surface area contributed by atoms with Gasteiger partial charge in [-0.05, 0) is 62.4 Å². The zero-order valence-electron chi connectivity index (χ0n) is 18.9. The predicted octanol–water partition coefficient (Wildman–Crippen LogP) is -3.09. The molecule has 0 aliphatic rings. The number of benzene rings is 2. The van der Waals surface area contributed by atoms with E-state index >= 15 is 0 Å². The van der Waals surface area contributed by atoms with E-state index < -0.39 is 8.80 Å². The van der Waals surface area contributed by atoms with Crippen molar-refractivity contribution in [2.24, 2.45) is 0 Å². The van der Waals surface area contributed by atoms with Crippen molar-refractivity contribution >= 4 is 29.9 Å². The second kappa shape index (κ2) is 14.1. The van der Waals surface area contributed by atoms with Crippen LogP contribution in [0.15, 0.2) is 36.4 Å². The summed E-state index contributed by atoms with van der Waals surface area (Å²) in [6.45, 7) is 13.9. The third-order valence-electron chi connectivity index (χ3n) is 6.34. The average Bonchev–Trinajstić information content (AvgIpc) is 3.07.